The average molecular weight is 445 g/mol. The molecule has 3 aromatic rings. The minimum absolute atomic E-state index is 0.252. The Morgan fingerprint density at radius 2 is 1.50 bits per heavy atom. The highest BCUT2D eigenvalue weighted by Crippen LogP contribution is 2.32. The van der Waals surface area contributed by atoms with E-state index in [1.165, 1.54) is 0 Å². The first-order valence-corrected chi connectivity index (χ1v) is 10.2. The van der Waals surface area contributed by atoms with Crippen LogP contribution in [0, 0.1) is 0 Å². The Balaban J connectivity index is 1.84. The lowest BCUT2D eigenvalue weighted by atomic mass is 9.86. The van der Waals surface area contributed by atoms with E-state index < -0.39 is 18.0 Å². The van der Waals surface area contributed by atoms with E-state index >= 15 is 0 Å². The van der Waals surface area contributed by atoms with E-state index in [1.54, 1.807) is 31.4 Å². The molecule has 1 atom stereocenters. The van der Waals surface area contributed by atoms with Gasteiger partial charge in [0.25, 0.3) is 0 Å². The van der Waals surface area contributed by atoms with Gasteiger partial charge in [-0.15, -0.1) is 0 Å². The quantitative estimate of drug-likeness (QED) is 0.449. The molecule has 6 heteroatoms. The van der Waals surface area contributed by atoms with Gasteiger partial charge in [-0.1, -0.05) is 59.6 Å². The molecule has 1 unspecified atom stereocenters. The van der Waals surface area contributed by atoms with Crippen molar-refractivity contribution in [2.24, 2.45) is 0 Å². The van der Waals surface area contributed by atoms with Crippen molar-refractivity contribution < 1.29 is 19.4 Å². The first-order valence-electron chi connectivity index (χ1n) is 9.46. The third-order valence-corrected chi connectivity index (χ3v) is 5.33. The van der Waals surface area contributed by atoms with Crippen molar-refractivity contribution in [1.29, 1.82) is 0 Å². The molecule has 0 aliphatic heterocycles. The summed E-state index contributed by atoms with van der Waals surface area (Å²) in [5.74, 6) is -0.791. The lowest BCUT2D eigenvalue weighted by Crippen LogP contribution is -2.32. The zero-order valence-electron chi connectivity index (χ0n) is 16.4. The predicted octanol–water partition coefficient (Wildman–Crippen LogP) is 5.85. The summed E-state index contributed by atoms with van der Waals surface area (Å²) in [5.41, 5.74) is 2.61. The molecule has 30 heavy (non-hydrogen) atoms. The molecule has 0 fully saturated rings. The Labute approximate surface area is 186 Å². The molecule has 0 aliphatic rings. The van der Waals surface area contributed by atoms with Crippen LogP contribution < -0.4 is 4.74 Å². The van der Waals surface area contributed by atoms with Crippen LogP contribution in [0.4, 0.5) is 0 Å². The predicted molar refractivity (Wildman–Crippen MR) is 119 cm³/mol. The molecule has 0 heterocycles. The van der Waals surface area contributed by atoms with Crippen LogP contribution in [0.15, 0.2) is 72.8 Å². The Morgan fingerprint density at radius 3 is 2.00 bits per heavy atom. The van der Waals surface area contributed by atoms with Crippen LogP contribution in [-0.2, 0) is 16.0 Å². The van der Waals surface area contributed by atoms with Crippen LogP contribution in [0.3, 0.4) is 0 Å². The molecule has 0 bridgehead atoms. The number of methoxy groups -OCH3 is 1. The number of carboxylic acid groups (broad SMARTS) is 1. The van der Waals surface area contributed by atoms with E-state index in [2.05, 4.69) is 0 Å². The molecule has 0 saturated carbocycles. The second kappa shape index (κ2) is 10.5. The minimum atomic E-state index is -1.07. The van der Waals surface area contributed by atoms with Gasteiger partial charge in [0.05, 0.1) is 13.7 Å². The number of aliphatic carboxylic acids is 1. The molecule has 0 spiro atoms. The summed E-state index contributed by atoms with van der Waals surface area (Å²) in [6.45, 7) is 0.252. The highest BCUT2D eigenvalue weighted by atomic mass is 35.5. The maximum atomic E-state index is 12.2. The lowest BCUT2D eigenvalue weighted by molar-refractivity contribution is -0.151. The summed E-state index contributed by atoms with van der Waals surface area (Å²) in [6.07, 6.45) is -0.507. The van der Waals surface area contributed by atoms with Gasteiger partial charge in [0.15, 0.2) is 6.10 Å². The highest BCUT2D eigenvalue weighted by molar-refractivity contribution is 6.30. The fourth-order valence-electron chi connectivity index (χ4n) is 3.32. The normalized spacial score (nSPS) is 12.0. The Kier molecular flexibility index (Phi) is 7.75. The summed E-state index contributed by atoms with van der Waals surface area (Å²) in [5, 5.41) is 11.1. The SMILES string of the molecule is COc1cccc(CCOC(C(=O)O)C(c2ccc(Cl)cc2)c2ccc(Cl)cc2)c1. The van der Waals surface area contributed by atoms with Crippen LogP contribution in [0.1, 0.15) is 22.6 Å². The van der Waals surface area contributed by atoms with E-state index in [0.717, 1.165) is 22.4 Å². The highest BCUT2D eigenvalue weighted by Gasteiger charge is 2.32. The van der Waals surface area contributed by atoms with Gasteiger partial charge in [-0.05, 0) is 59.5 Å². The molecule has 0 aromatic heterocycles. The Bertz CT molecular complexity index is 926. The number of carbonyl (C=O) groups is 1. The van der Waals surface area contributed by atoms with Crippen LogP contribution in [0.25, 0.3) is 0 Å². The van der Waals surface area contributed by atoms with Crippen molar-refractivity contribution in [2.75, 3.05) is 13.7 Å². The number of hydrogen-bond donors (Lipinski definition) is 1. The summed E-state index contributed by atoms with van der Waals surface area (Å²) >= 11 is 12.1. The van der Waals surface area contributed by atoms with Crippen molar-refractivity contribution >= 4 is 29.2 Å². The second-order valence-electron chi connectivity index (χ2n) is 6.81. The maximum absolute atomic E-state index is 12.2. The smallest absolute Gasteiger partial charge is 0.333 e. The third-order valence-electron chi connectivity index (χ3n) is 4.83. The standard InChI is InChI=1S/C24H22Cl2O4/c1-29-21-4-2-3-16(15-21)13-14-30-23(24(27)28)22(17-5-9-19(25)10-6-17)18-7-11-20(26)12-8-18/h2-12,15,22-23H,13-14H2,1H3,(H,27,28). The van der Waals surface area contributed by atoms with Gasteiger partial charge in [-0.2, -0.15) is 0 Å². The summed E-state index contributed by atoms with van der Waals surface area (Å²) in [7, 11) is 1.61. The third kappa shape index (κ3) is 5.76. The number of ether oxygens (including phenoxy) is 2. The molecule has 1 N–H and O–H groups in total. The van der Waals surface area contributed by atoms with Crippen molar-refractivity contribution in [2.45, 2.75) is 18.4 Å². The fourth-order valence-corrected chi connectivity index (χ4v) is 3.58. The molecular weight excluding hydrogens is 423 g/mol. The molecule has 0 amide bonds. The number of carboxylic acids is 1. The van der Waals surface area contributed by atoms with Gasteiger partial charge in [0.1, 0.15) is 5.75 Å². The lowest BCUT2D eigenvalue weighted by Gasteiger charge is -2.25. The van der Waals surface area contributed by atoms with Crippen molar-refractivity contribution in [3.8, 4) is 5.75 Å². The first-order chi connectivity index (χ1) is 14.5. The largest absolute Gasteiger partial charge is 0.497 e. The Morgan fingerprint density at radius 1 is 0.933 bits per heavy atom. The van der Waals surface area contributed by atoms with Crippen molar-refractivity contribution in [1.82, 2.24) is 0 Å². The second-order valence-corrected chi connectivity index (χ2v) is 7.68. The van der Waals surface area contributed by atoms with Crippen LogP contribution in [0.2, 0.25) is 10.0 Å². The average Bonchev–Trinajstić information content (AvgIpc) is 2.75. The van der Waals surface area contributed by atoms with E-state index in [1.807, 2.05) is 48.5 Å². The topological polar surface area (TPSA) is 55.8 Å². The van der Waals surface area contributed by atoms with E-state index in [4.69, 9.17) is 32.7 Å². The van der Waals surface area contributed by atoms with Gasteiger partial charge in [-0.25, -0.2) is 4.79 Å². The van der Waals surface area contributed by atoms with Crippen LogP contribution in [-0.4, -0.2) is 30.9 Å². The van der Waals surface area contributed by atoms with Crippen LogP contribution >= 0.6 is 23.2 Å². The number of hydrogen-bond acceptors (Lipinski definition) is 3. The maximum Gasteiger partial charge on any atom is 0.333 e. The van der Waals surface area contributed by atoms with E-state index in [-0.39, 0.29) is 6.61 Å². The van der Waals surface area contributed by atoms with Gasteiger partial charge < -0.3 is 14.6 Å². The van der Waals surface area contributed by atoms with Crippen molar-refractivity contribution in [3.05, 3.63) is 99.5 Å². The monoisotopic (exact) mass is 444 g/mol. The van der Waals surface area contributed by atoms with E-state index in [0.29, 0.717) is 16.5 Å². The van der Waals surface area contributed by atoms with Gasteiger partial charge in [0, 0.05) is 16.0 Å². The van der Waals surface area contributed by atoms with Crippen LogP contribution in [0.5, 0.6) is 5.75 Å². The fraction of sp³-hybridized carbons (Fsp3) is 0.208. The first kappa shape index (κ1) is 22.2. The summed E-state index contributed by atoms with van der Waals surface area (Å²) < 4.78 is 11.1. The van der Waals surface area contributed by atoms with Gasteiger partial charge in [-0.3, -0.25) is 0 Å². The van der Waals surface area contributed by atoms with Gasteiger partial charge >= 0.3 is 5.97 Å². The van der Waals surface area contributed by atoms with Gasteiger partial charge in [0.2, 0.25) is 0 Å². The summed E-state index contributed by atoms with van der Waals surface area (Å²) in [4.78, 5) is 12.2. The zero-order valence-corrected chi connectivity index (χ0v) is 17.9. The van der Waals surface area contributed by atoms with Crippen molar-refractivity contribution in [3.63, 3.8) is 0 Å². The molecule has 3 rings (SSSR count). The Hall–Kier alpha value is -2.53. The number of benzene rings is 3. The molecule has 0 aliphatic carbocycles. The zero-order chi connectivity index (χ0) is 21.5. The van der Waals surface area contributed by atoms with E-state index in [9.17, 15) is 9.90 Å². The molecular formula is C24H22Cl2O4. The molecule has 4 nitrogen and oxygen atoms in total. The minimum Gasteiger partial charge on any atom is -0.497 e. The molecule has 0 saturated heterocycles. The summed E-state index contributed by atoms with van der Waals surface area (Å²) in [6, 6.07) is 21.9. The molecule has 3 aromatic carbocycles. The number of halogens is 2. The molecule has 156 valence electrons. The number of rotatable bonds is 9. The molecule has 0 radical (unpaired) electrons.